The van der Waals surface area contributed by atoms with Gasteiger partial charge in [0.25, 0.3) is 0 Å². The fourth-order valence-electron chi connectivity index (χ4n) is 19.5. The topological polar surface area (TPSA) is 285 Å². The van der Waals surface area contributed by atoms with Gasteiger partial charge in [-0.1, -0.05) is 121 Å². The smallest absolute Gasteiger partial charge is 0.312 e. The van der Waals surface area contributed by atoms with Crippen molar-refractivity contribution in [1.29, 1.82) is 0 Å². The molecule has 20 rings (SSSR count). The van der Waals surface area contributed by atoms with Gasteiger partial charge in [-0.15, -0.1) is 0 Å². The molecule has 136 heavy (non-hydrogen) atoms. The maximum atomic E-state index is 15.4. The number of benzene rings is 12. The molecule has 2 N–H and O–H groups in total. The predicted octanol–water partition coefficient (Wildman–Crippen LogP) is 18.3. The van der Waals surface area contributed by atoms with Crippen molar-refractivity contribution in [1.82, 2.24) is 58.9 Å². The number of carbonyl (C=O) groups excluding carboxylic acids is 7. The Bertz CT molecular complexity index is 7250. The van der Waals surface area contributed by atoms with E-state index in [1.807, 2.05) is 173 Å². The number of likely N-dealkylation sites (tertiary alicyclic amines) is 2. The maximum Gasteiger partial charge on any atom is 0.312 e. The Morgan fingerprint density at radius 3 is 1.04 bits per heavy atom. The highest BCUT2D eigenvalue weighted by molar-refractivity contribution is 7.77. The summed E-state index contributed by atoms with van der Waals surface area (Å²) in [7, 11) is -3.72. The number of carboxylic acid groups (broad SMARTS) is 1. The summed E-state index contributed by atoms with van der Waals surface area (Å²) >= 11 is 0. The molecule has 4 saturated heterocycles. The molecule has 0 radical (unpaired) electrons. The van der Waals surface area contributed by atoms with Crippen LogP contribution in [0.5, 0.6) is 0 Å². The van der Waals surface area contributed by atoms with E-state index in [4.69, 9.17) is 9.47 Å². The number of aliphatic carboxylic acids is 1. The molecule has 0 aliphatic carbocycles. The third-order valence-electron chi connectivity index (χ3n) is 26.8. The maximum absolute atomic E-state index is 15.4. The quantitative estimate of drug-likeness (QED) is 0.0384. The van der Waals surface area contributed by atoms with Crippen LogP contribution in [0.15, 0.2) is 316 Å². The number of ether oxygens (including phenoxy) is 2. The van der Waals surface area contributed by atoms with Gasteiger partial charge in [0, 0.05) is 70.9 Å². The van der Waals surface area contributed by atoms with Gasteiger partial charge < -0.3 is 29.7 Å². The Hall–Kier alpha value is -15.6. The monoisotopic (exact) mass is 1850 g/mol. The average molecular weight is 1850 g/mol. The first-order chi connectivity index (χ1) is 65.4. The Balaban J connectivity index is 0.000000127. The number of carboxylic acids is 1. The van der Waals surface area contributed by atoms with Gasteiger partial charge in [-0.05, 0) is 252 Å². The molecule has 0 bridgehead atoms. The van der Waals surface area contributed by atoms with Crippen LogP contribution in [0, 0.1) is 46.9 Å². The van der Waals surface area contributed by atoms with Crippen LogP contribution in [0.3, 0.4) is 0 Å². The minimum atomic E-state index is -3.72. The summed E-state index contributed by atoms with van der Waals surface area (Å²) in [5, 5.41) is 35.1. The fourth-order valence-corrected chi connectivity index (χ4v) is 22.7. The highest BCUT2D eigenvalue weighted by Crippen LogP contribution is 2.61. The van der Waals surface area contributed by atoms with Crippen molar-refractivity contribution >= 4 is 109 Å². The molecule has 4 amide bonds. The second-order valence-electron chi connectivity index (χ2n) is 34.8. The molecule has 12 aromatic carbocycles. The summed E-state index contributed by atoms with van der Waals surface area (Å²) in [6.07, 6.45) is 6.94. The number of Topliss-reactive ketones (excluding diaryl/α,β-unsaturated/α-hetero) is 1. The van der Waals surface area contributed by atoms with E-state index >= 15 is 4.57 Å². The van der Waals surface area contributed by atoms with E-state index in [0.717, 1.165) is 88.5 Å². The minimum absolute atomic E-state index is 0.0393. The third kappa shape index (κ3) is 17.3. The van der Waals surface area contributed by atoms with Gasteiger partial charge in [-0.3, -0.25) is 47.6 Å². The van der Waals surface area contributed by atoms with E-state index in [0.29, 0.717) is 34.9 Å². The number of rotatable bonds is 21. The van der Waals surface area contributed by atoms with Gasteiger partial charge in [-0.25, -0.2) is 36.3 Å². The summed E-state index contributed by atoms with van der Waals surface area (Å²) < 4.78 is 87.8. The van der Waals surface area contributed by atoms with Crippen LogP contribution in [-0.4, -0.2) is 119 Å². The Morgan fingerprint density at radius 1 is 0.390 bits per heavy atom. The highest BCUT2D eigenvalue weighted by Gasteiger charge is 2.61. The first kappa shape index (κ1) is 92.3. The largest absolute Gasteiger partial charge is 0.481 e. The van der Waals surface area contributed by atoms with Crippen LogP contribution in [-0.2, 0) is 87.6 Å². The standard InChI is InChI=1S/C32H27FN3O3P.C28H26FN3O3.C26H22FN3O3.C21H20FN3O3/c1-22(37)29-20-31(38)36(40(39,27-9-5-3-6-10-27)28-11-7-4-8-12-28)32(29,2)24-13-18-30-23(19-24)21-34-35(30)26-16-14-25(33)15-17-26;1-3-35-27(34)24-16-26(33)31(18-19-7-5-4-6-8-19)28(24,2)21-9-14-25-20(15-21)17-30-32(25)23-12-10-22(29)11-13-23;1-26(22(25(32)33)14-24(31)29(26)16-17-5-3-2-4-6-17)19-7-12-23-18(13-19)15-28-30(23)21-10-8-20(27)9-11-21;1-3-28-20(27)17-11-19(26)24-21(17,2)14-4-9-18-13(10-14)12-23-25(18)16-7-5-15(22)6-8-16/h3-19,21,29H,20H2,1-2H3;4-15,17,24H,3,16,18H2,1-2H3;2-13,15,22H,14,16H2,1H3,(H,32,33);4-10,12,17H,3,11H2,1-2H3,(H,24,26)/t;24-,28-;22-,26-;17-,21-/m.111/s1. The van der Waals surface area contributed by atoms with Crippen molar-refractivity contribution in [2.45, 2.75) is 109 Å². The van der Waals surface area contributed by atoms with Gasteiger partial charge in [0.05, 0.1) is 129 Å². The SMILES string of the molecule is CC(=O)C1CC(=O)N(P(=O)(c2ccccc2)c2ccccc2)C1(C)c1ccc2c(cnn2-c2ccc(F)cc2)c1.CCOC(=O)[C@H]1CC(=O)N(Cc2ccccc2)[C@]1(C)c1ccc2c(cnn2-c2ccc(F)cc2)c1.CCOC(=O)[C@H]1CC(=O)N[C@]1(C)c1ccc2c(cnn2-c2ccc(F)cc2)c1.C[C@@]1(c2ccc3c(cnn3-c3ccc(F)cc3)c2)[C@@H](C(=O)O)CC(=O)N1Cc1ccccc1. The number of ketones is 1. The Kier molecular flexibility index (Phi) is 25.7. The minimum Gasteiger partial charge on any atom is -0.481 e. The number of nitrogens with one attached hydrogen (secondary N) is 1. The van der Waals surface area contributed by atoms with Crippen molar-refractivity contribution in [2.75, 3.05) is 13.2 Å². The Labute approximate surface area is 780 Å². The van der Waals surface area contributed by atoms with Crippen LogP contribution < -0.4 is 15.9 Å². The molecule has 4 aliphatic heterocycles. The number of aromatic nitrogens is 8. The summed E-state index contributed by atoms with van der Waals surface area (Å²) in [5.41, 5.74) is 7.21. The van der Waals surface area contributed by atoms with E-state index in [-0.39, 0.29) is 104 Å². The molecule has 16 aromatic rings. The number of carbonyl (C=O) groups is 8. The van der Waals surface area contributed by atoms with Crippen LogP contribution in [0.4, 0.5) is 17.6 Å². The molecule has 0 saturated carbocycles. The number of nitrogens with zero attached hydrogens (tertiary/aromatic N) is 11. The van der Waals surface area contributed by atoms with E-state index in [1.165, 1.54) is 60.1 Å². The number of hydrogen-bond acceptors (Lipinski definition) is 15. The average Bonchev–Trinajstić information content (AvgIpc) is 1.53. The summed E-state index contributed by atoms with van der Waals surface area (Å²) in [6, 6.07) is 84.5. The summed E-state index contributed by atoms with van der Waals surface area (Å²) in [6.45, 7) is 13.7. The van der Waals surface area contributed by atoms with E-state index < -0.39 is 59.1 Å². The predicted molar refractivity (Wildman–Crippen MR) is 506 cm³/mol. The van der Waals surface area contributed by atoms with Gasteiger partial charge in [0.1, 0.15) is 29.1 Å². The molecule has 2 unspecified atom stereocenters. The summed E-state index contributed by atoms with van der Waals surface area (Å²) in [4.78, 5) is 106. The van der Waals surface area contributed by atoms with Crippen LogP contribution in [0.1, 0.15) is 108 Å². The zero-order valence-electron chi connectivity index (χ0n) is 75.3. The fraction of sp³-hybridized carbons (Fsp3) is 0.215. The van der Waals surface area contributed by atoms with E-state index in [9.17, 15) is 61.0 Å². The summed E-state index contributed by atoms with van der Waals surface area (Å²) in [5.74, 6) is -6.77. The van der Waals surface area contributed by atoms with Crippen LogP contribution in [0.25, 0.3) is 66.4 Å². The van der Waals surface area contributed by atoms with Crippen LogP contribution >= 0.6 is 7.29 Å². The van der Waals surface area contributed by atoms with Crippen molar-refractivity contribution < 1.29 is 75.1 Å². The van der Waals surface area contributed by atoms with Gasteiger partial charge >= 0.3 is 17.9 Å². The van der Waals surface area contributed by atoms with Crippen molar-refractivity contribution in [2.24, 2.45) is 23.7 Å². The molecule has 24 nitrogen and oxygen atoms in total. The van der Waals surface area contributed by atoms with Crippen molar-refractivity contribution in [3.63, 3.8) is 0 Å². The first-order valence-corrected chi connectivity index (χ1v) is 46.2. The molecule has 688 valence electrons. The van der Waals surface area contributed by atoms with E-state index in [1.54, 1.807) is 164 Å². The molecule has 29 heteroatoms. The zero-order valence-corrected chi connectivity index (χ0v) is 76.2. The number of esters is 2. The second kappa shape index (κ2) is 37.8. The second-order valence-corrected chi connectivity index (χ2v) is 37.4. The molecular formula is C107H95F4N12O12P. The number of halogens is 4. The van der Waals surface area contributed by atoms with Gasteiger partial charge in [0.2, 0.25) is 30.9 Å². The van der Waals surface area contributed by atoms with Gasteiger partial charge in [-0.2, -0.15) is 20.4 Å². The third-order valence-corrected chi connectivity index (χ3v) is 30.0. The van der Waals surface area contributed by atoms with Crippen molar-refractivity contribution in [3.05, 3.63) is 373 Å². The molecule has 4 aliphatic rings. The van der Waals surface area contributed by atoms with Gasteiger partial charge in [0.15, 0.2) is 0 Å². The number of fused-ring (bicyclic) bond motifs is 4. The zero-order chi connectivity index (χ0) is 95.7. The Morgan fingerprint density at radius 2 is 0.699 bits per heavy atom. The molecule has 4 aromatic heterocycles. The molecular weight excluding hydrogens is 1750 g/mol. The lowest BCUT2D eigenvalue weighted by atomic mass is 9.79. The molecule has 8 heterocycles. The number of hydrogen-bond donors (Lipinski definition) is 2. The lowest BCUT2D eigenvalue weighted by Gasteiger charge is -2.43. The van der Waals surface area contributed by atoms with Crippen LogP contribution in [0.2, 0.25) is 0 Å². The lowest BCUT2D eigenvalue weighted by Crippen LogP contribution is -2.47. The number of amides is 4. The normalized spacial score (nSPS) is 20.2. The van der Waals surface area contributed by atoms with Crippen molar-refractivity contribution in [3.8, 4) is 22.7 Å². The first-order valence-electron chi connectivity index (χ1n) is 44.5. The molecule has 0 spiro atoms. The lowest BCUT2D eigenvalue weighted by molar-refractivity contribution is -0.152. The molecule has 4 fully saturated rings. The highest BCUT2D eigenvalue weighted by atomic mass is 31.2. The molecule has 8 atom stereocenters. The van der Waals surface area contributed by atoms with E-state index in [2.05, 4.69) is 25.7 Å².